The molecule has 4 unspecified atom stereocenters. The smallest absolute Gasteiger partial charge is 0.143 e. The normalized spacial score (nSPS) is 40.0. The van der Waals surface area contributed by atoms with E-state index in [1.165, 1.54) is 5.75 Å². The Balaban J connectivity index is 1.61. The van der Waals surface area contributed by atoms with E-state index >= 15 is 0 Å². The fourth-order valence-electron chi connectivity index (χ4n) is 3.80. The molecule has 120 valence electrons. The van der Waals surface area contributed by atoms with Crippen LogP contribution in [-0.4, -0.2) is 55.3 Å². The number of thioether (sulfide) groups is 1. The summed E-state index contributed by atoms with van der Waals surface area (Å²) in [6.07, 6.45) is 4.02. The first-order valence-corrected chi connectivity index (χ1v) is 9.46. The maximum atomic E-state index is 12.9. The molecule has 0 radical (unpaired) electrons. The molecule has 0 amide bonds. The lowest BCUT2D eigenvalue weighted by Crippen LogP contribution is -2.47. The van der Waals surface area contributed by atoms with Crippen molar-refractivity contribution in [3.8, 4) is 0 Å². The third-order valence-electron chi connectivity index (χ3n) is 5.06. The molecule has 4 atom stereocenters. The summed E-state index contributed by atoms with van der Waals surface area (Å²) < 4.78 is 11.6. The van der Waals surface area contributed by atoms with Gasteiger partial charge in [0, 0.05) is 24.3 Å². The van der Waals surface area contributed by atoms with Gasteiger partial charge in [0.15, 0.2) is 0 Å². The van der Waals surface area contributed by atoms with Crippen LogP contribution in [0.15, 0.2) is 0 Å². The van der Waals surface area contributed by atoms with Crippen molar-refractivity contribution in [3.63, 3.8) is 0 Å². The minimum Gasteiger partial charge on any atom is -0.379 e. The largest absolute Gasteiger partial charge is 0.379 e. The average Bonchev–Trinajstić information content (AvgIpc) is 3.14. The molecule has 5 heteroatoms. The first-order chi connectivity index (χ1) is 10.2. The van der Waals surface area contributed by atoms with Crippen LogP contribution in [0.1, 0.15) is 32.6 Å². The number of carbonyl (C=O) groups excluding carboxylic acids is 1. The first-order valence-electron chi connectivity index (χ1n) is 8.31. The van der Waals surface area contributed by atoms with Gasteiger partial charge < -0.3 is 14.8 Å². The number of rotatable bonds is 5. The van der Waals surface area contributed by atoms with E-state index in [2.05, 4.69) is 12.2 Å². The molecule has 0 saturated carbocycles. The van der Waals surface area contributed by atoms with E-state index in [0.29, 0.717) is 19.0 Å². The molecular weight excluding hydrogens is 286 g/mol. The Kier molecular flexibility index (Phi) is 5.25. The summed E-state index contributed by atoms with van der Waals surface area (Å²) >= 11 is 1.96. The molecule has 0 aromatic rings. The monoisotopic (exact) mass is 313 g/mol. The lowest BCUT2D eigenvalue weighted by atomic mass is 9.78. The van der Waals surface area contributed by atoms with Gasteiger partial charge in [-0.05, 0) is 38.0 Å². The fourth-order valence-corrected chi connectivity index (χ4v) is 5.18. The Morgan fingerprint density at radius 1 is 1.43 bits per heavy atom. The van der Waals surface area contributed by atoms with Crippen LogP contribution in [0.2, 0.25) is 0 Å². The van der Waals surface area contributed by atoms with Gasteiger partial charge in [0.1, 0.15) is 5.78 Å². The third-order valence-corrected chi connectivity index (χ3v) is 6.29. The van der Waals surface area contributed by atoms with Gasteiger partial charge in [-0.15, -0.1) is 0 Å². The van der Waals surface area contributed by atoms with E-state index in [4.69, 9.17) is 9.47 Å². The van der Waals surface area contributed by atoms with Crippen molar-refractivity contribution in [3.05, 3.63) is 0 Å². The molecule has 3 rings (SSSR count). The van der Waals surface area contributed by atoms with Crippen LogP contribution in [0.3, 0.4) is 0 Å². The van der Waals surface area contributed by atoms with Crippen molar-refractivity contribution in [2.45, 2.75) is 44.2 Å². The number of hydrogen-bond acceptors (Lipinski definition) is 5. The summed E-state index contributed by atoms with van der Waals surface area (Å²) in [6, 6.07) is 0.217. The van der Waals surface area contributed by atoms with Crippen LogP contribution < -0.4 is 5.32 Å². The molecule has 3 saturated heterocycles. The molecule has 1 N–H and O–H groups in total. The van der Waals surface area contributed by atoms with Gasteiger partial charge in [-0.25, -0.2) is 0 Å². The quantitative estimate of drug-likeness (QED) is 0.840. The number of Topliss-reactive ketones (excluding diaryl/α,β-unsaturated/α-hetero) is 1. The average molecular weight is 313 g/mol. The number of nitrogens with one attached hydrogen (secondary N) is 1. The van der Waals surface area contributed by atoms with Crippen molar-refractivity contribution in [2.75, 3.05) is 37.9 Å². The van der Waals surface area contributed by atoms with Crippen molar-refractivity contribution in [1.82, 2.24) is 5.32 Å². The summed E-state index contributed by atoms with van der Waals surface area (Å²) in [5.74, 6) is 2.88. The predicted octanol–water partition coefficient (Wildman–Crippen LogP) is 1.87. The topological polar surface area (TPSA) is 47.6 Å². The highest BCUT2D eigenvalue weighted by molar-refractivity contribution is 7.99. The highest BCUT2D eigenvalue weighted by Crippen LogP contribution is 2.41. The van der Waals surface area contributed by atoms with Gasteiger partial charge in [-0.2, -0.15) is 11.8 Å². The second kappa shape index (κ2) is 6.99. The highest BCUT2D eigenvalue weighted by Gasteiger charge is 2.45. The van der Waals surface area contributed by atoms with Gasteiger partial charge in [0.25, 0.3) is 0 Å². The molecular formula is C16H27NO3S. The zero-order valence-electron chi connectivity index (χ0n) is 12.9. The fraction of sp³-hybridized carbons (Fsp3) is 0.938. The van der Waals surface area contributed by atoms with E-state index < -0.39 is 0 Å². The maximum Gasteiger partial charge on any atom is 0.143 e. The van der Waals surface area contributed by atoms with Crippen LogP contribution in [0, 0.1) is 11.8 Å². The van der Waals surface area contributed by atoms with Gasteiger partial charge in [-0.1, -0.05) is 6.92 Å². The molecule has 3 aliphatic heterocycles. The molecule has 0 aromatic heterocycles. The van der Waals surface area contributed by atoms with Crippen LogP contribution in [0.25, 0.3) is 0 Å². The SMILES string of the molecule is CCCNC1COCC1C(=O)C1CCOC2(CCSC2)C1. The van der Waals surface area contributed by atoms with Crippen molar-refractivity contribution in [2.24, 2.45) is 11.8 Å². The van der Waals surface area contributed by atoms with Crippen molar-refractivity contribution in [1.29, 1.82) is 0 Å². The van der Waals surface area contributed by atoms with Gasteiger partial charge in [0.2, 0.25) is 0 Å². The molecule has 3 aliphatic rings. The Hall–Kier alpha value is -0.100. The van der Waals surface area contributed by atoms with Gasteiger partial charge >= 0.3 is 0 Å². The summed E-state index contributed by atoms with van der Waals surface area (Å²) in [5.41, 5.74) is -0.00491. The molecule has 3 fully saturated rings. The number of ether oxygens (including phenoxy) is 2. The first kappa shape index (κ1) is 15.8. The zero-order chi connectivity index (χ0) is 14.7. The van der Waals surface area contributed by atoms with E-state index in [9.17, 15) is 4.79 Å². The Bertz CT molecular complexity index is 371. The van der Waals surface area contributed by atoms with E-state index in [-0.39, 0.29) is 23.5 Å². The Morgan fingerprint density at radius 2 is 2.33 bits per heavy atom. The standard InChI is InChI=1S/C16H27NO3S/c1-2-5-17-14-10-19-9-13(14)15(18)12-3-6-20-16(8-12)4-7-21-11-16/h12-14,17H,2-11H2,1H3. The van der Waals surface area contributed by atoms with E-state index in [0.717, 1.165) is 44.6 Å². The van der Waals surface area contributed by atoms with Crippen LogP contribution in [0.4, 0.5) is 0 Å². The molecule has 0 bridgehead atoms. The molecule has 21 heavy (non-hydrogen) atoms. The maximum absolute atomic E-state index is 12.9. The summed E-state index contributed by atoms with van der Waals surface area (Å²) in [6.45, 7) is 5.14. The predicted molar refractivity (Wildman–Crippen MR) is 84.7 cm³/mol. The van der Waals surface area contributed by atoms with Crippen molar-refractivity contribution >= 4 is 17.5 Å². The lowest BCUT2D eigenvalue weighted by molar-refractivity contribution is -0.138. The number of hydrogen-bond donors (Lipinski definition) is 1. The minimum absolute atomic E-state index is 0.00491. The zero-order valence-corrected chi connectivity index (χ0v) is 13.8. The molecule has 1 spiro atoms. The molecule has 4 nitrogen and oxygen atoms in total. The summed E-state index contributed by atoms with van der Waals surface area (Å²) in [5, 5.41) is 3.48. The Morgan fingerprint density at radius 3 is 3.10 bits per heavy atom. The number of carbonyl (C=O) groups is 1. The van der Waals surface area contributed by atoms with Crippen LogP contribution >= 0.6 is 11.8 Å². The van der Waals surface area contributed by atoms with Crippen LogP contribution in [-0.2, 0) is 14.3 Å². The summed E-state index contributed by atoms with van der Waals surface area (Å²) in [7, 11) is 0. The van der Waals surface area contributed by atoms with Crippen LogP contribution in [0.5, 0.6) is 0 Å². The molecule has 3 heterocycles. The third kappa shape index (κ3) is 3.46. The minimum atomic E-state index is -0.00491. The highest BCUT2D eigenvalue weighted by atomic mass is 32.2. The summed E-state index contributed by atoms with van der Waals surface area (Å²) in [4.78, 5) is 12.9. The Labute approximate surface area is 131 Å². The second-order valence-corrected chi connectivity index (χ2v) is 7.74. The number of ketones is 1. The van der Waals surface area contributed by atoms with Crippen molar-refractivity contribution < 1.29 is 14.3 Å². The molecule has 0 aromatic carbocycles. The second-order valence-electron chi connectivity index (χ2n) is 6.63. The van der Waals surface area contributed by atoms with Gasteiger partial charge in [-0.3, -0.25) is 4.79 Å². The molecule has 0 aliphatic carbocycles. The lowest BCUT2D eigenvalue weighted by Gasteiger charge is -2.38. The van der Waals surface area contributed by atoms with Gasteiger partial charge in [0.05, 0.1) is 24.7 Å². The van der Waals surface area contributed by atoms with E-state index in [1.54, 1.807) is 0 Å². The van der Waals surface area contributed by atoms with E-state index in [1.807, 2.05) is 11.8 Å².